The van der Waals surface area contributed by atoms with Crippen LogP contribution < -0.4 is 0 Å². The van der Waals surface area contributed by atoms with Crippen LogP contribution in [0.15, 0.2) is 43.2 Å². The summed E-state index contributed by atoms with van der Waals surface area (Å²) in [6, 6.07) is 7.04. The van der Waals surface area contributed by atoms with Crippen molar-refractivity contribution < 1.29 is 9.53 Å². The lowest BCUT2D eigenvalue weighted by molar-refractivity contribution is 0.0707. The first-order valence-corrected chi connectivity index (χ1v) is 7.83. The van der Waals surface area contributed by atoms with Crippen LogP contribution in [0.3, 0.4) is 0 Å². The fraction of sp³-hybridized carbons (Fsp3) is 0.294. The van der Waals surface area contributed by atoms with E-state index in [9.17, 15) is 4.79 Å². The van der Waals surface area contributed by atoms with E-state index in [1.54, 1.807) is 30.3 Å². The molecule has 1 aliphatic heterocycles. The highest BCUT2D eigenvalue weighted by molar-refractivity contribution is 6.30. The largest absolute Gasteiger partial charge is 0.371 e. The minimum Gasteiger partial charge on any atom is -0.371 e. The van der Waals surface area contributed by atoms with Crippen molar-refractivity contribution in [1.82, 2.24) is 14.5 Å². The van der Waals surface area contributed by atoms with Crippen molar-refractivity contribution in [1.29, 1.82) is 0 Å². The van der Waals surface area contributed by atoms with Crippen LogP contribution in [-0.2, 0) is 24.4 Å². The Morgan fingerprint density at radius 3 is 3.09 bits per heavy atom. The smallest absolute Gasteiger partial charge is 0.254 e. The second kappa shape index (κ2) is 6.98. The Morgan fingerprint density at radius 1 is 1.43 bits per heavy atom. The summed E-state index contributed by atoms with van der Waals surface area (Å²) >= 11 is 5.98. The molecule has 0 saturated heterocycles. The highest BCUT2D eigenvalue weighted by Gasteiger charge is 2.24. The van der Waals surface area contributed by atoms with Crippen LogP contribution in [0.4, 0.5) is 0 Å². The van der Waals surface area contributed by atoms with Gasteiger partial charge in [-0.25, -0.2) is 4.98 Å². The molecule has 1 amide bonds. The molecule has 1 aromatic heterocycles. The van der Waals surface area contributed by atoms with E-state index in [0.29, 0.717) is 36.9 Å². The maximum atomic E-state index is 12.6. The number of hydrogen-bond donors (Lipinski definition) is 0. The fourth-order valence-electron chi connectivity index (χ4n) is 2.65. The number of halogens is 1. The molecule has 5 nitrogen and oxygen atoms in total. The van der Waals surface area contributed by atoms with Crippen molar-refractivity contribution in [2.75, 3.05) is 13.2 Å². The monoisotopic (exact) mass is 331 g/mol. The Morgan fingerprint density at radius 2 is 2.30 bits per heavy atom. The van der Waals surface area contributed by atoms with Crippen LogP contribution in [0.2, 0.25) is 5.02 Å². The van der Waals surface area contributed by atoms with Crippen LogP contribution >= 0.6 is 11.6 Å². The van der Waals surface area contributed by atoms with Gasteiger partial charge in [-0.05, 0) is 18.2 Å². The molecule has 0 spiro atoms. The average Bonchev–Trinajstić information content (AvgIpc) is 2.97. The van der Waals surface area contributed by atoms with Crippen molar-refractivity contribution in [3.8, 4) is 0 Å². The molecule has 2 heterocycles. The van der Waals surface area contributed by atoms with E-state index in [-0.39, 0.29) is 5.91 Å². The summed E-state index contributed by atoms with van der Waals surface area (Å²) in [6.45, 7) is 6.45. The van der Waals surface area contributed by atoms with Crippen molar-refractivity contribution in [3.63, 3.8) is 0 Å². The van der Waals surface area contributed by atoms with E-state index in [4.69, 9.17) is 16.3 Å². The number of carbonyl (C=O) groups excluding carboxylic acids is 1. The molecule has 0 saturated carbocycles. The quantitative estimate of drug-likeness (QED) is 0.625. The molecule has 120 valence electrons. The molecule has 0 unspecified atom stereocenters. The number of amides is 1. The molecular formula is C17H18ClN3O2. The molecule has 0 N–H and O–H groups in total. The van der Waals surface area contributed by atoms with Gasteiger partial charge in [0.1, 0.15) is 0 Å². The Kier molecular flexibility index (Phi) is 4.79. The van der Waals surface area contributed by atoms with Crippen LogP contribution in [-0.4, -0.2) is 33.5 Å². The number of aromatic nitrogens is 2. The molecule has 23 heavy (non-hydrogen) atoms. The fourth-order valence-corrected chi connectivity index (χ4v) is 2.84. The van der Waals surface area contributed by atoms with Crippen LogP contribution in [0, 0.1) is 0 Å². The summed E-state index contributed by atoms with van der Waals surface area (Å²) in [5.41, 5.74) is 2.50. The second-order valence-corrected chi connectivity index (χ2v) is 5.81. The Hall–Kier alpha value is -2.11. The Balaban J connectivity index is 1.75. The van der Waals surface area contributed by atoms with Gasteiger partial charge >= 0.3 is 0 Å². The van der Waals surface area contributed by atoms with E-state index in [1.165, 1.54) is 0 Å². The second-order valence-electron chi connectivity index (χ2n) is 5.37. The first kappa shape index (κ1) is 15.8. The predicted molar refractivity (Wildman–Crippen MR) is 88.3 cm³/mol. The van der Waals surface area contributed by atoms with Crippen LogP contribution in [0.1, 0.15) is 21.7 Å². The number of fused-ring (bicyclic) bond motifs is 1. The molecule has 0 fully saturated rings. The maximum Gasteiger partial charge on any atom is 0.254 e. The van der Waals surface area contributed by atoms with Crippen molar-refractivity contribution >= 4 is 17.5 Å². The predicted octanol–water partition coefficient (Wildman–Crippen LogP) is 2.90. The van der Waals surface area contributed by atoms with Gasteiger partial charge in [0, 0.05) is 23.7 Å². The Bertz CT molecular complexity index is 726. The molecular weight excluding hydrogens is 314 g/mol. The van der Waals surface area contributed by atoms with E-state index in [2.05, 4.69) is 16.1 Å². The molecule has 1 aliphatic rings. The number of nitrogens with zero attached hydrogens (tertiary/aromatic N) is 3. The summed E-state index contributed by atoms with van der Waals surface area (Å²) in [4.78, 5) is 18.9. The molecule has 0 radical (unpaired) electrons. The number of ether oxygens (including phenoxy) is 1. The zero-order chi connectivity index (χ0) is 16.2. The molecule has 3 rings (SSSR count). The Labute approximate surface area is 140 Å². The van der Waals surface area contributed by atoms with E-state index in [0.717, 1.165) is 17.9 Å². The summed E-state index contributed by atoms with van der Waals surface area (Å²) in [5, 5.41) is 0.566. The number of carbonyl (C=O) groups is 1. The SMILES string of the molecule is C=CCOCc1ncn2c1CN(C(=O)c1cccc(Cl)c1)CC2. The summed E-state index contributed by atoms with van der Waals surface area (Å²) in [7, 11) is 0. The third-order valence-corrected chi connectivity index (χ3v) is 4.05. The van der Waals surface area contributed by atoms with E-state index in [1.807, 2.05) is 11.2 Å². The standard InChI is InChI=1S/C17H18ClN3O2/c1-2-8-23-11-15-16-10-20(6-7-21(16)12-19-15)17(22)13-4-3-5-14(18)9-13/h2-5,9,12H,1,6-8,10-11H2. The van der Waals surface area contributed by atoms with Gasteiger partial charge < -0.3 is 14.2 Å². The lowest BCUT2D eigenvalue weighted by atomic mass is 10.1. The van der Waals surface area contributed by atoms with E-state index >= 15 is 0 Å². The average molecular weight is 332 g/mol. The maximum absolute atomic E-state index is 12.6. The van der Waals surface area contributed by atoms with Gasteiger partial charge in [0.25, 0.3) is 5.91 Å². The molecule has 0 aliphatic carbocycles. The number of imidazole rings is 1. The molecule has 2 aromatic rings. The van der Waals surface area contributed by atoms with Gasteiger partial charge in [-0.1, -0.05) is 23.7 Å². The zero-order valence-electron chi connectivity index (χ0n) is 12.7. The van der Waals surface area contributed by atoms with Gasteiger partial charge in [0.05, 0.1) is 37.5 Å². The first-order chi connectivity index (χ1) is 11.2. The number of hydrogen-bond acceptors (Lipinski definition) is 3. The lowest BCUT2D eigenvalue weighted by Gasteiger charge is -2.29. The molecule has 6 heteroatoms. The molecule has 0 bridgehead atoms. The number of benzene rings is 1. The summed E-state index contributed by atoms with van der Waals surface area (Å²) in [5.74, 6) is -0.0158. The van der Waals surface area contributed by atoms with E-state index < -0.39 is 0 Å². The normalized spacial score (nSPS) is 13.7. The van der Waals surface area contributed by atoms with Crippen molar-refractivity contribution in [3.05, 3.63) is 65.2 Å². The lowest BCUT2D eigenvalue weighted by Crippen LogP contribution is -2.38. The zero-order valence-corrected chi connectivity index (χ0v) is 13.5. The van der Waals surface area contributed by atoms with Crippen molar-refractivity contribution in [2.24, 2.45) is 0 Å². The third-order valence-electron chi connectivity index (χ3n) is 3.82. The highest BCUT2D eigenvalue weighted by atomic mass is 35.5. The minimum absolute atomic E-state index is 0.0158. The van der Waals surface area contributed by atoms with Gasteiger partial charge in [0.15, 0.2) is 0 Å². The highest BCUT2D eigenvalue weighted by Crippen LogP contribution is 2.20. The van der Waals surface area contributed by atoms with Gasteiger partial charge in [-0.3, -0.25) is 4.79 Å². The van der Waals surface area contributed by atoms with Crippen LogP contribution in [0.5, 0.6) is 0 Å². The number of rotatable bonds is 5. The molecule has 0 atom stereocenters. The first-order valence-electron chi connectivity index (χ1n) is 7.45. The van der Waals surface area contributed by atoms with Gasteiger partial charge in [0.2, 0.25) is 0 Å². The van der Waals surface area contributed by atoms with Crippen molar-refractivity contribution in [2.45, 2.75) is 19.7 Å². The van der Waals surface area contributed by atoms with Crippen LogP contribution in [0.25, 0.3) is 0 Å². The minimum atomic E-state index is -0.0158. The molecule has 1 aromatic carbocycles. The van der Waals surface area contributed by atoms with Gasteiger partial charge in [-0.2, -0.15) is 0 Å². The summed E-state index contributed by atoms with van der Waals surface area (Å²) < 4.78 is 7.55. The van der Waals surface area contributed by atoms with Gasteiger partial charge in [-0.15, -0.1) is 6.58 Å². The third kappa shape index (κ3) is 3.46. The summed E-state index contributed by atoms with van der Waals surface area (Å²) in [6.07, 6.45) is 3.51. The topological polar surface area (TPSA) is 47.4 Å².